The fraction of sp³-hybridized carbons (Fsp3) is 0.429. The Morgan fingerprint density at radius 1 is 1.26 bits per heavy atom. The highest BCUT2D eigenvalue weighted by atomic mass is 16.3. The number of carbonyl (C=O) groups is 2. The van der Waals surface area contributed by atoms with Gasteiger partial charge in [-0.3, -0.25) is 9.69 Å². The summed E-state index contributed by atoms with van der Waals surface area (Å²) in [5.41, 5.74) is 1.91. The van der Waals surface area contributed by atoms with Crippen LogP contribution in [0.4, 0.5) is 4.79 Å². The van der Waals surface area contributed by atoms with Gasteiger partial charge in [0.1, 0.15) is 5.54 Å². The van der Waals surface area contributed by atoms with Crippen molar-refractivity contribution in [3.05, 3.63) is 34.9 Å². The van der Waals surface area contributed by atoms with E-state index >= 15 is 0 Å². The van der Waals surface area contributed by atoms with Crippen molar-refractivity contribution in [2.45, 2.75) is 26.3 Å². The summed E-state index contributed by atoms with van der Waals surface area (Å²) < 4.78 is 0. The minimum absolute atomic E-state index is 0.0189. The maximum absolute atomic E-state index is 12.4. The zero-order valence-electron chi connectivity index (χ0n) is 11.4. The number of aryl methyl sites for hydroxylation is 2. The molecule has 0 spiro atoms. The van der Waals surface area contributed by atoms with Crippen LogP contribution in [0.1, 0.15) is 23.6 Å². The maximum Gasteiger partial charge on any atom is 0.325 e. The van der Waals surface area contributed by atoms with E-state index in [-0.39, 0.29) is 19.1 Å². The molecular formula is C14H18N2O3. The summed E-state index contributed by atoms with van der Waals surface area (Å²) in [5.74, 6) is -0.324. The predicted octanol–water partition coefficient (Wildman–Crippen LogP) is 1.06. The second kappa shape index (κ2) is 4.66. The number of urea groups is 1. The third-order valence-corrected chi connectivity index (χ3v) is 3.68. The highest BCUT2D eigenvalue weighted by Crippen LogP contribution is 2.29. The van der Waals surface area contributed by atoms with Gasteiger partial charge in [0, 0.05) is 0 Å². The molecule has 2 N–H and O–H groups in total. The number of carbonyl (C=O) groups excluding carboxylic acids is 2. The molecule has 3 amide bonds. The predicted molar refractivity (Wildman–Crippen MR) is 70.6 cm³/mol. The van der Waals surface area contributed by atoms with Crippen LogP contribution < -0.4 is 5.32 Å². The number of aliphatic hydroxyl groups excluding tert-OH is 1. The van der Waals surface area contributed by atoms with Gasteiger partial charge in [0.05, 0.1) is 13.2 Å². The SMILES string of the molecule is Cc1ccc(C2(C)NC(=O)N(CCO)C2=O)cc1C. The average Bonchev–Trinajstić information content (AvgIpc) is 2.58. The number of nitrogens with zero attached hydrogens (tertiary/aromatic N) is 1. The molecule has 2 rings (SSSR count). The largest absolute Gasteiger partial charge is 0.395 e. The first-order valence-corrected chi connectivity index (χ1v) is 6.23. The summed E-state index contributed by atoms with van der Waals surface area (Å²) in [7, 11) is 0. The van der Waals surface area contributed by atoms with E-state index in [4.69, 9.17) is 5.11 Å². The van der Waals surface area contributed by atoms with Gasteiger partial charge in [-0.1, -0.05) is 18.2 Å². The monoisotopic (exact) mass is 262 g/mol. The van der Waals surface area contributed by atoms with Crippen molar-refractivity contribution >= 4 is 11.9 Å². The van der Waals surface area contributed by atoms with Crippen LogP contribution in [0.25, 0.3) is 0 Å². The van der Waals surface area contributed by atoms with Crippen molar-refractivity contribution in [2.24, 2.45) is 0 Å². The molecule has 1 aliphatic rings. The lowest BCUT2D eigenvalue weighted by molar-refractivity contribution is -0.131. The molecule has 1 fully saturated rings. The lowest BCUT2D eigenvalue weighted by atomic mass is 9.90. The van der Waals surface area contributed by atoms with Gasteiger partial charge in [0.15, 0.2) is 0 Å². The fourth-order valence-electron chi connectivity index (χ4n) is 2.25. The van der Waals surface area contributed by atoms with Crippen molar-refractivity contribution in [1.82, 2.24) is 10.2 Å². The Bertz CT molecular complexity index is 541. The molecule has 1 atom stereocenters. The third kappa shape index (κ3) is 2.10. The van der Waals surface area contributed by atoms with Gasteiger partial charge in [-0.2, -0.15) is 0 Å². The molecule has 102 valence electrons. The number of imide groups is 1. The van der Waals surface area contributed by atoms with Gasteiger partial charge >= 0.3 is 6.03 Å². The van der Waals surface area contributed by atoms with Crippen molar-refractivity contribution in [3.8, 4) is 0 Å². The number of aliphatic hydroxyl groups is 1. The molecule has 1 aromatic carbocycles. The number of hydrogen-bond donors (Lipinski definition) is 2. The number of benzene rings is 1. The minimum atomic E-state index is -1.05. The first-order chi connectivity index (χ1) is 8.90. The zero-order chi connectivity index (χ0) is 14.2. The maximum atomic E-state index is 12.4. The van der Waals surface area contributed by atoms with E-state index in [1.165, 1.54) is 0 Å². The molecule has 19 heavy (non-hydrogen) atoms. The Labute approximate surface area is 112 Å². The van der Waals surface area contributed by atoms with Crippen LogP contribution in [0.5, 0.6) is 0 Å². The van der Waals surface area contributed by atoms with Gasteiger partial charge in [-0.15, -0.1) is 0 Å². The summed E-state index contributed by atoms with van der Waals surface area (Å²) in [4.78, 5) is 25.2. The normalized spacial score (nSPS) is 22.8. The Kier molecular flexibility index (Phi) is 3.32. The van der Waals surface area contributed by atoms with Gasteiger partial charge in [0.25, 0.3) is 5.91 Å². The molecule has 1 aromatic rings. The summed E-state index contributed by atoms with van der Waals surface area (Å²) in [6, 6.07) is 5.24. The molecule has 1 aliphatic heterocycles. The van der Waals surface area contributed by atoms with Crippen molar-refractivity contribution in [3.63, 3.8) is 0 Å². The number of nitrogens with one attached hydrogen (secondary N) is 1. The fourth-order valence-corrected chi connectivity index (χ4v) is 2.25. The van der Waals surface area contributed by atoms with E-state index in [9.17, 15) is 9.59 Å². The van der Waals surface area contributed by atoms with Crippen molar-refractivity contribution < 1.29 is 14.7 Å². The molecule has 0 bridgehead atoms. The van der Waals surface area contributed by atoms with Crippen LogP contribution in [-0.2, 0) is 10.3 Å². The Morgan fingerprint density at radius 2 is 1.95 bits per heavy atom. The van der Waals surface area contributed by atoms with Crippen molar-refractivity contribution in [1.29, 1.82) is 0 Å². The van der Waals surface area contributed by atoms with Gasteiger partial charge in [-0.05, 0) is 37.5 Å². The molecule has 1 heterocycles. The van der Waals surface area contributed by atoms with E-state index in [1.807, 2.05) is 32.0 Å². The summed E-state index contributed by atoms with van der Waals surface area (Å²) in [6.45, 7) is 5.44. The van der Waals surface area contributed by atoms with Crippen molar-refractivity contribution in [2.75, 3.05) is 13.2 Å². The van der Waals surface area contributed by atoms with E-state index < -0.39 is 11.6 Å². The van der Waals surface area contributed by atoms with Crippen LogP contribution in [0.2, 0.25) is 0 Å². The first kappa shape index (κ1) is 13.5. The topological polar surface area (TPSA) is 69.6 Å². The van der Waals surface area contributed by atoms with Crippen LogP contribution in [0, 0.1) is 13.8 Å². The highest BCUT2D eigenvalue weighted by Gasteiger charge is 2.48. The molecule has 0 radical (unpaired) electrons. The zero-order valence-corrected chi connectivity index (χ0v) is 11.4. The van der Waals surface area contributed by atoms with Gasteiger partial charge in [-0.25, -0.2) is 4.79 Å². The first-order valence-electron chi connectivity index (χ1n) is 6.23. The Balaban J connectivity index is 2.40. The van der Waals surface area contributed by atoms with E-state index in [0.717, 1.165) is 21.6 Å². The van der Waals surface area contributed by atoms with Gasteiger partial charge in [0.2, 0.25) is 0 Å². The lowest BCUT2D eigenvalue weighted by Crippen LogP contribution is -2.41. The van der Waals surface area contributed by atoms with Crippen LogP contribution >= 0.6 is 0 Å². The molecule has 0 saturated carbocycles. The van der Waals surface area contributed by atoms with E-state index in [0.29, 0.717) is 0 Å². The number of β-amino-alcohol motifs (C(OH)–C–C–N with tert-alkyl or cyclic N) is 1. The third-order valence-electron chi connectivity index (χ3n) is 3.68. The minimum Gasteiger partial charge on any atom is -0.395 e. The number of amides is 3. The summed E-state index contributed by atoms with van der Waals surface area (Å²) in [6.07, 6.45) is 0. The molecule has 5 heteroatoms. The second-order valence-electron chi connectivity index (χ2n) is 5.03. The number of hydrogen-bond acceptors (Lipinski definition) is 3. The molecule has 1 saturated heterocycles. The highest BCUT2D eigenvalue weighted by molar-refractivity contribution is 6.07. The summed E-state index contributed by atoms with van der Waals surface area (Å²) >= 11 is 0. The average molecular weight is 262 g/mol. The Hall–Kier alpha value is -1.88. The number of rotatable bonds is 3. The Morgan fingerprint density at radius 3 is 2.53 bits per heavy atom. The van der Waals surface area contributed by atoms with Crippen LogP contribution in [0.3, 0.4) is 0 Å². The van der Waals surface area contributed by atoms with Crippen LogP contribution in [-0.4, -0.2) is 35.1 Å². The standard InChI is InChI=1S/C14H18N2O3/c1-9-4-5-11(8-10(9)2)14(3)12(18)16(6-7-17)13(19)15-14/h4-5,8,17H,6-7H2,1-3H3,(H,15,19). The smallest absolute Gasteiger partial charge is 0.325 e. The molecule has 5 nitrogen and oxygen atoms in total. The molecular weight excluding hydrogens is 244 g/mol. The van der Waals surface area contributed by atoms with E-state index in [2.05, 4.69) is 5.32 Å². The van der Waals surface area contributed by atoms with Crippen LogP contribution in [0.15, 0.2) is 18.2 Å². The van der Waals surface area contributed by atoms with E-state index in [1.54, 1.807) is 6.92 Å². The van der Waals surface area contributed by atoms with Gasteiger partial charge < -0.3 is 10.4 Å². The molecule has 0 aliphatic carbocycles. The molecule has 0 aromatic heterocycles. The summed E-state index contributed by atoms with van der Waals surface area (Å²) in [5, 5.41) is 11.6. The molecule has 1 unspecified atom stereocenters. The second-order valence-corrected chi connectivity index (χ2v) is 5.03. The lowest BCUT2D eigenvalue weighted by Gasteiger charge is -2.23. The quantitative estimate of drug-likeness (QED) is 0.800.